The normalized spacial score (nSPS) is 10.6. The molecule has 3 rings (SSSR count). The number of hydrogen-bond acceptors (Lipinski definition) is 6. The maximum atomic E-state index is 12.5. The molecule has 0 aromatic carbocycles. The maximum Gasteiger partial charge on any atom is 0.168 e. The first-order valence-electron chi connectivity index (χ1n) is 8.01. The van der Waals surface area contributed by atoms with Crippen LogP contribution < -0.4 is 11.1 Å². The molecular formula is C19H20N4OS. The predicted molar refractivity (Wildman–Crippen MR) is 102 cm³/mol. The van der Waals surface area contributed by atoms with Crippen molar-refractivity contribution < 1.29 is 4.79 Å². The summed E-state index contributed by atoms with van der Waals surface area (Å²) in [7, 11) is 0. The van der Waals surface area contributed by atoms with Crippen LogP contribution in [0.4, 0.5) is 11.5 Å². The molecule has 6 heteroatoms. The summed E-state index contributed by atoms with van der Waals surface area (Å²) in [4.78, 5) is 23.2. The zero-order valence-electron chi connectivity index (χ0n) is 14.2. The lowest BCUT2D eigenvalue weighted by atomic mass is 10.0. The Bertz CT molecular complexity index is 904. The molecule has 3 aromatic rings. The van der Waals surface area contributed by atoms with Crippen molar-refractivity contribution in [2.45, 2.75) is 26.8 Å². The number of anilines is 2. The van der Waals surface area contributed by atoms with Gasteiger partial charge in [-0.15, -0.1) is 11.3 Å². The molecule has 0 fully saturated rings. The van der Waals surface area contributed by atoms with Gasteiger partial charge < -0.3 is 11.1 Å². The van der Waals surface area contributed by atoms with Crippen molar-refractivity contribution in [3.63, 3.8) is 0 Å². The second kappa shape index (κ2) is 7.44. The Labute approximate surface area is 151 Å². The first kappa shape index (κ1) is 17.1. The molecule has 0 aliphatic carbocycles. The van der Waals surface area contributed by atoms with Crippen molar-refractivity contribution in [2.75, 3.05) is 11.1 Å². The number of nitrogens with one attached hydrogen (secondary N) is 1. The zero-order chi connectivity index (χ0) is 17.8. The number of aromatic nitrogens is 2. The Morgan fingerprint density at radius 3 is 2.76 bits per heavy atom. The summed E-state index contributed by atoms with van der Waals surface area (Å²) in [6.07, 6.45) is 3.76. The fraction of sp³-hybridized carbons (Fsp3) is 0.211. The number of rotatable bonds is 6. The number of carbonyl (C=O) groups excluding carboxylic acids is 1. The molecule has 0 radical (unpaired) electrons. The summed E-state index contributed by atoms with van der Waals surface area (Å²) in [6, 6.07) is 9.50. The third-order valence-electron chi connectivity index (χ3n) is 3.89. The Morgan fingerprint density at radius 2 is 2.04 bits per heavy atom. The quantitative estimate of drug-likeness (QED) is 0.660. The van der Waals surface area contributed by atoms with E-state index in [0.717, 1.165) is 32.3 Å². The monoisotopic (exact) mass is 352 g/mol. The number of carbonyl (C=O) groups is 1. The molecule has 0 unspecified atom stereocenters. The number of thiophene rings is 1. The fourth-order valence-corrected chi connectivity index (χ4v) is 3.62. The van der Waals surface area contributed by atoms with Crippen molar-refractivity contribution in [1.82, 2.24) is 9.97 Å². The third kappa shape index (κ3) is 4.22. The molecule has 0 bridgehead atoms. The van der Waals surface area contributed by atoms with Gasteiger partial charge in [-0.05, 0) is 49.7 Å². The fourth-order valence-electron chi connectivity index (χ4n) is 2.68. The van der Waals surface area contributed by atoms with Gasteiger partial charge in [-0.2, -0.15) is 0 Å². The highest BCUT2D eigenvalue weighted by Gasteiger charge is 2.13. The van der Waals surface area contributed by atoms with Crippen LogP contribution in [0.1, 0.15) is 31.4 Å². The summed E-state index contributed by atoms with van der Waals surface area (Å²) >= 11 is 1.66. The standard InChI is InChI=1S/C19H20N4OS/c1-12-8-16(13(2)25-12)18(24)10-14-5-7-21-15(9-14)11-23-17-4-3-6-22-19(17)20/h3-9,23H,10-11H2,1-2H3,(H2,20,22). The molecule has 3 N–H and O–H groups in total. The van der Waals surface area contributed by atoms with E-state index in [4.69, 9.17) is 5.73 Å². The topological polar surface area (TPSA) is 80.9 Å². The Balaban J connectivity index is 1.68. The van der Waals surface area contributed by atoms with Gasteiger partial charge in [0.25, 0.3) is 0 Å². The summed E-state index contributed by atoms with van der Waals surface area (Å²) in [6.45, 7) is 4.54. The van der Waals surface area contributed by atoms with Gasteiger partial charge in [0, 0.05) is 34.1 Å². The molecule has 0 amide bonds. The van der Waals surface area contributed by atoms with Crippen LogP contribution in [0.5, 0.6) is 0 Å². The molecule has 3 heterocycles. The second-order valence-corrected chi connectivity index (χ2v) is 7.33. The van der Waals surface area contributed by atoms with E-state index in [1.807, 2.05) is 44.2 Å². The Hall–Kier alpha value is -2.73. The van der Waals surface area contributed by atoms with Crippen LogP contribution >= 0.6 is 11.3 Å². The van der Waals surface area contributed by atoms with Crippen molar-refractivity contribution in [1.29, 1.82) is 0 Å². The smallest absolute Gasteiger partial charge is 0.168 e. The van der Waals surface area contributed by atoms with Gasteiger partial charge in [0.15, 0.2) is 5.78 Å². The second-order valence-electron chi connectivity index (χ2n) is 5.87. The van der Waals surface area contributed by atoms with Crippen LogP contribution in [0, 0.1) is 13.8 Å². The number of nitrogens with zero attached hydrogens (tertiary/aromatic N) is 2. The van der Waals surface area contributed by atoms with Crippen molar-refractivity contribution in [3.8, 4) is 0 Å². The summed E-state index contributed by atoms with van der Waals surface area (Å²) < 4.78 is 0. The minimum atomic E-state index is 0.142. The molecule has 0 saturated heterocycles. The Morgan fingerprint density at radius 1 is 1.20 bits per heavy atom. The van der Waals surface area contributed by atoms with Gasteiger partial charge in [-0.1, -0.05) is 0 Å². The van der Waals surface area contributed by atoms with Crippen LogP contribution in [0.2, 0.25) is 0 Å². The van der Waals surface area contributed by atoms with E-state index in [9.17, 15) is 4.79 Å². The highest BCUT2D eigenvalue weighted by atomic mass is 32.1. The number of ketones is 1. The molecule has 25 heavy (non-hydrogen) atoms. The maximum absolute atomic E-state index is 12.5. The molecule has 0 spiro atoms. The number of hydrogen-bond donors (Lipinski definition) is 2. The number of aryl methyl sites for hydroxylation is 2. The minimum Gasteiger partial charge on any atom is -0.382 e. The number of Topliss-reactive ketones (excluding diaryl/α,β-unsaturated/α-hetero) is 1. The van der Waals surface area contributed by atoms with E-state index in [-0.39, 0.29) is 5.78 Å². The number of pyridine rings is 2. The van der Waals surface area contributed by atoms with Crippen LogP contribution in [-0.4, -0.2) is 15.8 Å². The number of nitrogen functional groups attached to an aromatic ring is 1. The van der Waals surface area contributed by atoms with Crippen LogP contribution in [0.15, 0.2) is 42.7 Å². The highest BCUT2D eigenvalue weighted by Crippen LogP contribution is 2.22. The van der Waals surface area contributed by atoms with E-state index >= 15 is 0 Å². The Kier molecular flexibility index (Phi) is 5.09. The van der Waals surface area contributed by atoms with Crippen LogP contribution in [-0.2, 0) is 13.0 Å². The van der Waals surface area contributed by atoms with Gasteiger partial charge in [-0.3, -0.25) is 9.78 Å². The largest absolute Gasteiger partial charge is 0.382 e. The molecule has 0 atom stereocenters. The van der Waals surface area contributed by atoms with Crippen LogP contribution in [0.3, 0.4) is 0 Å². The van der Waals surface area contributed by atoms with Gasteiger partial charge in [0.2, 0.25) is 0 Å². The average Bonchev–Trinajstić information content (AvgIpc) is 2.93. The van der Waals surface area contributed by atoms with Gasteiger partial charge in [0.05, 0.1) is 17.9 Å². The third-order valence-corrected chi connectivity index (χ3v) is 4.85. The molecule has 5 nitrogen and oxygen atoms in total. The highest BCUT2D eigenvalue weighted by molar-refractivity contribution is 7.12. The molecule has 0 saturated carbocycles. The predicted octanol–water partition coefficient (Wildman–Crippen LogP) is 3.77. The summed E-state index contributed by atoms with van der Waals surface area (Å²) in [5.74, 6) is 0.598. The van der Waals surface area contributed by atoms with Crippen molar-refractivity contribution in [3.05, 3.63) is 69.3 Å². The van der Waals surface area contributed by atoms with E-state index < -0.39 is 0 Å². The van der Waals surface area contributed by atoms with E-state index in [0.29, 0.717) is 18.8 Å². The SMILES string of the molecule is Cc1cc(C(=O)Cc2ccnc(CNc3cccnc3N)c2)c(C)s1. The minimum absolute atomic E-state index is 0.142. The first-order chi connectivity index (χ1) is 12.0. The summed E-state index contributed by atoms with van der Waals surface area (Å²) in [5, 5.41) is 3.22. The zero-order valence-corrected chi connectivity index (χ0v) is 15.1. The van der Waals surface area contributed by atoms with Gasteiger partial charge >= 0.3 is 0 Å². The molecule has 0 aliphatic rings. The first-order valence-corrected chi connectivity index (χ1v) is 8.83. The van der Waals surface area contributed by atoms with E-state index in [1.165, 1.54) is 0 Å². The molecule has 0 aliphatic heterocycles. The van der Waals surface area contributed by atoms with Gasteiger partial charge in [-0.25, -0.2) is 4.98 Å². The van der Waals surface area contributed by atoms with E-state index in [2.05, 4.69) is 15.3 Å². The number of nitrogens with two attached hydrogens (primary N) is 1. The van der Waals surface area contributed by atoms with E-state index in [1.54, 1.807) is 23.7 Å². The lowest BCUT2D eigenvalue weighted by Crippen LogP contribution is -2.07. The van der Waals surface area contributed by atoms with Crippen molar-refractivity contribution in [2.24, 2.45) is 0 Å². The average molecular weight is 352 g/mol. The lowest BCUT2D eigenvalue weighted by molar-refractivity contribution is 0.0993. The molecular weight excluding hydrogens is 332 g/mol. The summed E-state index contributed by atoms with van der Waals surface area (Å²) in [5.41, 5.74) is 9.23. The van der Waals surface area contributed by atoms with Crippen LogP contribution in [0.25, 0.3) is 0 Å². The molecule has 3 aromatic heterocycles. The lowest BCUT2D eigenvalue weighted by Gasteiger charge is -2.09. The molecule has 128 valence electrons. The van der Waals surface area contributed by atoms with Crippen molar-refractivity contribution >= 4 is 28.6 Å². The van der Waals surface area contributed by atoms with Gasteiger partial charge in [0.1, 0.15) is 5.82 Å².